The summed E-state index contributed by atoms with van der Waals surface area (Å²) in [5.74, 6) is 3.02. The first kappa shape index (κ1) is 12.7. The summed E-state index contributed by atoms with van der Waals surface area (Å²) in [5, 5.41) is 0. The van der Waals surface area contributed by atoms with Gasteiger partial charge in [-0.15, -0.1) is 0 Å². The molecule has 1 aromatic heterocycles. The number of ether oxygens (including phenoxy) is 1. The van der Waals surface area contributed by atoms with Crippen molar-refractivity contribution in [3.8, 4) is 0 Å². The van der Waals surface area contributed by atoms with Crippen molar-refractivity contribution in [2.45, 2.75) is 51.9 Å². The van der Waals surface area contributed by atoms with Gasteiger partial charge in [0.1, 0.15) is 0 Å². The van der Waals surface area contributed by atoms with Crippen LogP contribution in [0, 0.1) is 11.8 Å². The first-order valence-corrected chi connectivity index (χ1v) is 7.27. The van der Waals surface area contributed by atoms with Crippen LogP contribution in [0.5, 0.6) is 0 Å². The number of hydrogen-bond donors (Lipinski definition) is 0. The Morgan fingerprint density at radius 3 is 2.63 bits per heavy atom. The van der Waals surface area contributed by atoms with E-state index < -0.39 is 0 Å². The lowest BCUT2D eigenvalue weighted by Gasteiger charge is -2.05. The van der Waals surface area contributed by atoms with Gasteiger partial charge in [-0.25, -0.2) is 9.78 Å². The largest absolute Gasteiger partial charge is 0.460 e. The highest BCUT2D eigenvalue weighted by Gasteiger charge is 2.48. The molecule has 2 fully saturated rings. The minimum Gasteiger partial charge on any atom is -0.460 e. The maximum atomic E-state index is 11.9. The second-order valence-electron chi connectivity index (χ2n) is 6.07. The van der Waals surface area contributed by atoms with Crippen LogP contribution in [0.4, 0.5) is 0 Å². The molecule has 0 aliphatic heterocycles. The van der Waals surface area contributed by atoms with E-state index >= 15 is 0 Å². The van der Waals surface area contributed by atoms with Crippen molar-refractivity contribution < 1.29 is 13.9 Å². The fourth-order valence-corrected chi connectivity index (χ4v) is 3.17. The molecule has 2 unspecified atom stereocenters. The van der Waals surface area contributed by atoms with Gasteiger partial charge in [-0.1, -0.05) is 13.8 Å². The predicted molar refractivity (Wildman–Crippen MR) is 70.1 cm³/mol. The summed E-state index contributed by atoms with van der Waals surface area (Å²) >= 11 is 0. The summed E-state index contributed by atoms with van der Waals surface area (Å²) in [6, 6.07) is 0. The average Bonchev–Trinajstić information content (AvgIpc) is 2.81. The molecular weight excluding hydrogens is 242 g/mol. The van der Waals surface area contributed by atoms with Gasteiger partial charge in [0.15, 0.2) is 5.89 Å². The number of aromatic nitrogens is 1. The normalized spacial score (nSPS) is 28.5. The summed E-state index contributed by atoms with van der Waals surface area (Å²) < 4.78 is 10.8. The summed E-state index contributed by atoms with van der Waals surface area (Å²) in [4.78, 5) is 16.5. The SMILES string of the molecule is CCOC(=O)c1oc(C2CC3CC3C2)nc1C(C)C. The zero-order valence-electron chi connectivity index (χ0n) is 11.8. The van der Waals surface area contributed by atoms with Crippen molar-refractivity contribution in [3.05, 3.63) is 17.3 Å². The molecule has 0 saturated heterocycles. The molecule has 3 rings (SSSR count). The maximum Gasteiger partial charge on any atom is 0.376 e. The Labute approximate surface area is 113 Å². The molecular formula is C15H21NO3. The van der Waals surface area contributed by atoms with Gasteiger partial charge in [-0.2, -0.15) is 0 Å². The van der Waals surface area contributed by atoms with Crippen molar-refractivity contribution in [1.82, 2.24) is 4.98 Å². The van der Waals surface area contributed by atoms with Gasteiger partial charge in [-0.05, 0) is 43.9 Å². The van der Waals surface area contributed by atoms with Crippen molar-refractivity contribution in [3.63, 3.8) is 0 Å². The number of carbonyl (C=O) groups excluding carboxylic acids is 1. The highest BCUT2D eigenvalue weighted by molar-refractivity contribution is 5.87. The van der Waals surface area contributed by atoms with Crippen LogP contribution >= 0.6 is 0 Å². The molecule has 0 N–H and O–H groups in total. The molecule has 2 aliphatic rings. The number of oxazole rings is 1. The van der Waals surface area contributed by atoms with Crippen LogP contribution < -0.4 is 0 Å². The van der Waals surface area contributed by atoms with Crippen LogP contribution in [0.1, 0.15) is 74.0 Å². The van der Waals surface area contributed by atoms with E-state index in [0.29, 0.717) is 18.3 Å². The van der Waals surface area contributed by atoms with Crippen molar-refractivity contribution >= 4 is 5.97 Å². The number of nitrogens with zero attached hydrogens (tertiary/aromatic N) is 1. The molecule has 0 bridgehead atoms. The zero-order valence-corrected chi connectivity index (χ0v) is 11.8. The van der Waals surface area contributed by atoms with Crippen molar-refractivity contribution in [1.29, 1.82) is 0 Å². The lowest BCUT2D eigenvalue weighted by molar-refractivity contribution is 0.0485. The van der Waals surface area contributed by atoms with Gasteiger partial charge >= 0.3 is 5.97 Å². The van der Waals surface area contributed by atoms with E-state index in [1.807, 2.05) is 13.8 Å². The van der Waals surface area contributed by atoms with E-state index in [0.717, 1.165) is 23.4 Å². The summed E-state index contributed by atoms with van der Waals surface area (Å²) in [5.41, 5.74) is 0.744. The van der Waals surface area contributed by atoms with Crippen LogP contribution in [0.3, 0.4) is 0 Å². The third kappa shape index (κ3) is 2.28. The van der Waals surface area contributed by atoms with Gasteiger partial charge < -0.3 is 9.15 Å². The number of esters is 1. The minimum atomic E-state index is -0.381. The highest BCUT2D eigenvalue weighted by Crippen LogP contribution is 2.57. The van der Waals surface area contributed by atoms with Crippen LogP contribution in [0.15, 0.2) is 4.42 Å². The molecule has 0 amide bonds. The number of fused-ring (bicyclic) bond motifs is 1. The molecule has 104 valence electrons. The third-order valence-corrected chi connectivity index (χ3v) is 4.27. The second-order valence-corrected chi connectivity index (χ2v) is 6.07. The molecule has 1 heterocycles. The van der Waals surface area contributed by atoms with Crippen LogP contribution in [-0.2, 0) is 4.74 Å². The zero-order chi connectivity index (χ0) is 13.6. The first-order chi connectivity index (χ1) is 9.10. The van der Waals surface area contributed by atoms with Crippen LogP contribution in [0.2, 0.25) is 0 Å². The van der Waals surface area contributed by atoms with Crippen LogP contribution in [-0.4, -0.2) is 17.6 Å². The molecule has 2 aliphatic carbocycles. The molecule has 4 nitrogen and oxygen atoms in total. The Morgan fingerprint density at radius 1 is 1.37 bits per heavy atom. The van der Waals surface area contributed by atoms with Gasteiger partial charge in [0, 0.05) is 5.92 Å². The average molecular weight is 263 g/mol. The quantitative estimate of drug-likeness (QED) is 0.780. The monoisotopic (exact) mass is 263 g/mol. The summed E-state index contributed by atoms with van der Waals surface area (Å²) in [6.45, 7) is 6.21. The van der Waals surface area contributed by atoms with E-state index in [-0.39, 0.29) is 11.9 Å². The lowest BCUT2D eigenvalue weighted by Crippen LogP contribution is -2.07. The Kier molecular flexibility index (Phi) is 3.11. The predicted octanol–water partition coefficient (Wildman–Crippen LogP) is 3.49. The Hall–Kier alpha value is -1.32. The molecule has 4 heteroatoms. The molecule has 0 spiro atoms. The van der Waals surface area contributed by atoms with Gasteiger partial charge in [0.25, 0.3) is 0 Å². The van der Waals surface area contributed by atoms with Crippen molar-refractivity contribution in [2.75, 3.05) is 6.61 Å². The Balaban J connectivity index is 1.85. The van der Waals surface area contributed by atoms with E-state index in [2.05, 4.69) is 4.98 Å². The molecule has 1 aromatic rings. The molecule has 0 radical (unpaired) electrons. The Morgan fingerprint density at radius 2 is 2.05 bits per heavy atom. The summed E-state index contributed by atoms with van der Waals surface area (Å²) in [7, 11) is 0. The fourth-order valence-electron chi connectivity index (χ4n) is 3.17. The lowest BCUT2D eigenvalue weighted by atomic mass is 10.0. The van der Waals surface area contributed by atoms with E-state index in [4.69, 9.17) is 9.15 Å². The molecule has 19 heavy (non-hydrogen) atoms. The van der Waals surface area contributed by atoms with E-state index in [1.54, 1.807) is 6.92 Å². The number of hydrogen-bond acceptors (Lipinski definition) is 4. The maximum absolute atomic E-state index is 11.9. The highest BCUT2D eigenvalue weighted by atomic mass is 16.5. The number of rotatable bonds is 4. The smallest absolute Gasteiger partial charge is 0.376 e. The van der Waals surface area contributed by atoms with Crippen molar-refractivity contribution in [2.24, 2.45) is 11.8 Å². The first-order valence-electron chi connectivity index (χ1n) is 7.27. The number of carbonyl (C=O) groups is 1. The van der Waals surface area contributed by atoms with Gasteiger partial charge in [0.05, 0.1) is 12.3 Å². The van der Waals surface area contributed by atoms with Gasteiger partial charge in [0.2, 0.25) is 5.76 Å². The standard InChI is InChI=1S/C15H21NO3/c1-4-18-15(17)13-12(8(2)3)16-14(19-13)11-6-9-5-10(9)7-11/h8-11H,4-7H2,1-3H3. The molecule has 0 aromatic carbocycles. The van der Waals surface area contributed by atoms with Crippen LogP contribution in [0.25, 0.3) is 0 Å². The molecule has 2 atom stereocenters. The van der Waals surface area contributed by atoms with E-state index in [1.165, 1.54) is 19.3 Å². The topological polar surface area (TPSA) is 52.3 Å². The van der Waals surface area contributed by atoms with Gasteiger partial charge in [-0.3, -0.25) is 0 Å². The summed E-state index contributed by atoms with van der Waals surface area (Å²) in [6.07, 6.45) is 3.72. The third-order valence-electron chi connectivity index (χ3n) is 4.27. The second kappa shape index (κ2) is 4.66. The fraction of sp³-hybridized carbons (Fsp3) is 0.733. The minimum absolute atomic E-state index is 0.174. The molecule has 2 saturated carbocycles. The van der Waals surface area contributed by atoms with E-state index in [9.17, 15) is 4.79 Å². The Bertz CT molecular complexity index is 482.